The van der Waals surface area contributed by atoms with E-state index in [2.05, 4.69) is 60.7 Å². The minimum absolute atomic E-state index is 0.128. The summed E-state index contributed by atoms with van der Waals surface area (Å²) in [4.78, 5) is 30.4. The van der Waals surface area contributed by atoms with E-state index in [1.54, 1.807) is 35.5 Å². The average molecular weight is 668 g/mol. The number of carbonyl (C=O) groups is 1. The Kier molecular flexibility index (Phi) is 10.6. The third kappa shape index (κ3) is 7.67. The lowest BCUT2D eigenvalue weighted by atomic mass is 9.83. The lowest BCUT2D eigenvalue weighted by Gasteiger charge is -2.26. The molecule has 4 aromatic rings. The molecule has 0 bridgehead atoms. The molecular weight excluding hydrogens is 623 g/mol. The van der Waals surface area contributed by atoms with Crippen LogP contribution in [0, 0.1) is 13.8 Å². The third-order valence-corrected chi connectivity index (χ3v) is 10.3. The summed E-state index contributed by atoms with van der Waals surface area (Å²) in [6.45, 7) is 10.7. The van der Waals surface area contributed by atoms with Crippen molar-refractivity contribution in [2.45, 2.75) is 63.8 Å². The molecule has 0 saturated carbocycles. The smallest absolute Gasteiger partial charge is 0.228 e. The van der Waals surface area contributed by atoms with Crippen LogP contribution < -0.4 is 31.5 Å². The zero-order valence-corrected chi connectivity index (χ0v) is 28.8. The van der Waals surface area contributed by atoms with Crippen LogP contribution in [0.25, 0.3) is 0 Å². The van der Waals surface area contributed by atoms with Crippen molar-refractivity contribution in [3.05, 3.63) is 88.9 Å². The van der Waals surface area contributed by atoms with Gasteiger partial charge in [0, 0.05) is 51.3 Å². The van der Waals surface area contributed by atoms with Crippen molar-refractivity contribution in [2.24, 2.45) is 5.84 Å². The zero-order chi connectivity index (χ0) is 33.6. The molecule has 6 rings (SSSR count). The van der Waals surface area contributed by atoms with E-state index in [4.69, 9.17) is 16.3 Å². The molecule has 0 radical (unpaired) electrons. The lowest BCUT2D eigenvalue weighted by Crippen LogP contribution is -2.31. The fraction of sp³-hybridized carbons (Fsp3) is 0.389. The van der Waals surface area contributed by atoms with Crippen LogP contribution in [-0.4, -0.2) is 58.0 Å². The number of anilines is 4. The molecule has 1 saturated heterocycles. The first-order chi connectivity index (χ1) is 23.3. The molecule has 1 fully saturated rings. The van der Waals surface area contributed by atoms with Crippen molar-refractivity contribution >= 4 is 40.9 Å². The highest BCUT2D eigenvalue weighted by atomic mass is 32.2. The lowest BCUT2D eigenvalue weighted by molar-refractivity contribution is -0.116. The molecule has 252 valence electrons. The maximum atomic E-state index is 13.7. The van der Waals surface area contributed by atoms with Gasteiger partial charge in [-0.3, -0.25) is 4.79 Å². The number of hydrazine groups is 1. The van der Waals surface area contributed by atoms with Crippen LogP contribution in [0.4, 0.5) is 23.0 Å². The van der Waals surface area contributed by atoms with Crippen LogP contribution in [0.5, 0.6) is 5.88 Å². The molecule has 4 heterocycles. The van der Waals surface area contributed by atoms with Gasteiger partial charge >= 0.3 is 0 Å². The van der Waals surface area contributed by atoms with Crippen molar-refractivity contribution in [3.8, 4) is 5.88 Å². The van der Waals surface area contributed by atoms with Gasteiger partial charge < -0.3 is 25.7 Å². The second-order valence-corrected chi connectivity index (χ2v) is 13.6. The van der Waals surface area contributed by atoms with Crippen LogP contribution in [-0.2, 0) is 11.3 Å². The second-order valence-electron chi connectivity index (χ2n) is 12.4. The zero-order valence-electron chi connectivity index (χ0n) is 28.0. The van der Waals surface area contributed by atoms with E-state index in [1.807, 2.05) is 32.0 Å². The molecule has 5 N–H and O–H groups in total. The van der Waals surface area contributed by atoms with E-state index in [9.17, 15) is 4.79 Å². The van der Waals surface area contributed by atoms with Gasteiger partial charge in [-0.1, -0.05) is 24.3 Å². The minimum atomic E-state index is -0.257. The Morgan fingerprint density at radius 3 is 2.62 bits per heavy atom. The van der Waals surface area contributed by atoms with E-state index >= 15 is 0 Å². The molecule has 0 spiro atoms. The summed E-state index contributed by atoms with van der Waals surface area (Å²) in [5.74, 6) is 7.24. The van der Waals surface area contributed by atoms with Crippen molar-refractivity contribution in [2.75, 3.05) is 53.7 Å². The number of nitrogens with two attached hydrogens (primary N) is 2. The van der Waals surface area contributed by atoms with Gasteiger partial charge in [-0.25, -0.2) is 25.1 Å². The van der Waals surface area contributed by atoms with E-state index in [-0.39, 0.29) is 18.2 Å². The van der Waals surface area contributed by atoms with Gasteiger partial charge in [-0.15, -0.1) is 0 Å². The maximum Gasteiger partial charge on any atom is 0.228 e. The summed E-state index contributed by atoms with van der Waals surface area (Å²) >= 11 is 1.66. The number of hydrogen-bond acceptors (Lipinski definition) is 11. The number of piperidine rings is 1. The summed E-state index contributed by atoms with van der Waals surface area (Å²) in [5, 5.41) is 4.69. The number of aryl methyl sites for hydroxylation is 1. The molecule has 2 aliphatic rings. The molecular formula is C36H45N9O2S. The Balaban J connectivity index is 1.27. The number of nitrogens with zero attached hydrogens (tertiary/aromatic N) is 6. The number of nitrogens with one attached hydrogen (secondary N) is 1. The van der Waals surface area contributed by atoms with E-state index in [0.717, 1.165) is 59.7 Å². The van der Waals surface area contributed by atoms with E-state index in [0.29, 0.717) is 42.9 Å². The summed E-state index contributed by atoms with van der Waals surface area (Å²) in [5.41, 5.74) is 13.9. The highest BCUT2D eigenvalue weighted by Crippen LogP contribution is 2.38. The van der Waals surface area contributed by atoms with Gasteiger partial charge in [0.05, 0.1) is 34.4 Å². The first-order valence-corrected chi connectivity index (χ1v) is 17.5. The van der Waals surface area contributed by atoms with Gasteiger partial charge in [0.1, 0.15) is 6.61 Å². The number of pyridine rings is 1. The van der Waals surface area contributed by atoms with Crippen LogP contribution in [0.2, 0.25) is 0 Å². The molecule has 1 amide bonds. The van der Waals surface area contributed by atoms with Crippen LogP contribution in [0.1, 0.15) is 66.3 Å². The molecule has 48 heavy (non-hydrogen) atoms. The van der Waals surface area contributed by atoms with Crippen LogP contribution in [0.15, 0.2) is 66.0 Å². The fourth-order valence-electron chi connectivity index (χ4n) is 6.34. The summed E-state index contributed by atoms with van der Waals surface area (Å²) < 4.78 is 8.20. The molecule has 12 heteroatoms. The Morgan fingerprint density at radius 2 is 1.85 bits per heavy atom. The summed E-state index contributed by atoms with van der Waals surface area (Å²) in [6.07, 6.45) is 8.89. The Labute approximate surface area is 287 Å². The normalized spacial score (nSPS) is 15.6. The monoisotopic (exact) mass is 667 g/mol. The highest BCUT2D eigenvalue weighted by molar-refractivity contribution is 7.97. The van der Waals surface area contributed by atoms with Crippen LogP contribution >= 0.6 is 11.9 Å². The number of hydrogen-bond donors (Lipinski definition) is 3. The predicted octanol–water partition coefficient (Wildman–Crippen LogP) is 5.82. The number of amides is 1. The average Bonchev–Trinajstić information content (AvgIpc) is 3.32. The van der Waals surface area contributed by atoms with Crippen molar-refractivity contribution in [3.63, 3.8) is 0 Å². The Bertz CT molecular complexity index is 1730. The number of rotatable bonds is 10. The molecule has 0 aliphatic carbocycles. The summed E-state index contributed by atoms with van der Waals surface area (Å²) in [7, 11) is 0. The Hall–Kier alpha value is -4.39. The predicted molar refractivity (Wildman–Crippen MR) is 193 cm³/mol. The standard InChI is InChI=1S/C36H45N9O2S/c1-4-45(38)31-13-12-29(25(3)34(31)37)30(20-33(46)42-28-21-40-36(41-22-28)43-15-6-5-7-16-43)26-11-10-24(2)27(19-26)23-44-17-18-47-35-32(48-44)9-8-14-39-35/h8-14,19,21-22,30H,4-7,15-18,20,23,37-38H2,1-3H3,(H,42,46). The molecule has 2 aromatic carbocycles. The van der Waals surface area contributed by atoms with Gasteiger partial charge in [0.15, 0.2) is 0 Å². The number of aromatic nitrogens is 3. The second kappa shape index (κ2) is 15.2. The minimum Gasteiger partial charge on any atom is -0.475 e. The number of ether oxygens (including phenoxy) is 1. The molecule has 2 aliphatic heterocycles. The first kappa shape index (κ1) is 33.5. The molecule has 1 unspecified atom stereocenters. The fourth-order valence-corrected chi connectivity index (χ4v) is 7.32. The van der Waals surface area contributed by atoms with E-state index < -0.39 is 0 Å². The highest BCUT2D eigenvalue weighted by Gasteiger charge is 2.25. The Morgan fingerprint density at radius 1 is 1.06 bits per heavy atom. The van der Waals surface area contributed by atoms with Gasteiger partial charge in [0.2, 0.25) is 17.7 Å². The van der Waals surface area contributed by atoms with Crippen LogP contribution in [0.3, 0.4) is 0 Å². The molecule has 2 aromatic heterocycles. The largest absolute Gasteiger partial charge is 0.475 e. The molecule has 1 atom stereocenters. The topological polar surface area (TPSA) is 139 Å². The maximum absolute atomic E-state index is 13.7. The van der Waals surface area contributed by atoms with Gasteiger partial charge in [0.25, 0.3) is 0 Å². The quantitative estimate of drug-likeness (QED) is 0.0816. The number of nitrogen functional groups attached to an aromatic ring is 1. The van der Waals surface area contributed by atoms with E-state index in [1.165, 1.54) is 17.5 Å². The van der Waals surface area contributed by atoms with Crippen molar-refractivity contribution in [1.82, 2.24) is 19.3 Å². The number of benzene rings is 2. The SMILES string of the molecule is CCN(N)c1ccc(C(CC(=O)Nc2cnc(N3CCCCC3)nc2)c2ccc(C)c(CN3CCOc4ncccc4S3)c2)c(C)c1N. The molecule has 11 nitrogen and oxygen atoms in total. The number of carbonyl (C=O) groups excluding carboxylic acids is 1. The van der Waals surface area contributed by atoms with Crippen molar-refractivity contribution in [1.29, 1.82) is 0 Å². The van der Waals surface area contributed by atoms with Gasteiger partial charge in [-0.2, -0.15) is 0 Å². The third-order valence-electron chi connectivity index (χ3n) is 9.18. The first-order valence-electron chi connectivity index (χ1n) is 16.7. The van der Waals surface area contributed by atoms with Crippen molar-refractivity contribution < 1.29 is 9.53 Å². The summed E-state index contributed by atoms with van der Waals surface area (Å²) in [6, 6.07) is 14.5. The number of fused-ring (bicyclic) bond motifs is 1. The van der Waals surface area contributed by atoms with Gasteiger partial charge in [-0.05, 0) is 98.0 Å².